The first-order chi connectivity index (χ1) is 18.1. The second kappa shape index (κ2) is 9.96. The van der Waals surface area contributed by atoms with Gasteiger partial charge in [-0.25, -0.2) is 4.52 Å². The summed E-state index contributed by atoms with van der Waals surface area (Å²) in [6.07, 6.45) is 10.3. The molecule has 2 atom stereocenters. The molecule has 0 aliphatic carbocycles. The Morgan fingerprint density at radius 2 is 2.03 bits per heavy atom. The van der Waals surface area contributed by atoms with E-state index in [1.165, 1.54) is 0 Å². The summed E-state index contributed by atoms with van der Waals surface area (Å²) in [6, 6.07) is 11.0. The zero-order valence-electron chi connectivity index (χ0n) is 21.2. The van der Waals surface area contributed by atoms with Crippen LogP contribution in [0, 0.1) is 18.3 Å². The molecular formula is C28H31N7O2. The van der Waals surface area contributed by atoms with Gasteiger partial charge in [-0.3, -0.25) is 14.6 Å². The van der Waals surface area contributed by atoms with E-state index in [0.717, 1.165) is 68.1 Å². The van der Waals surface area contributed by atoms with E-state index in [2.05, 4.69) is 32.7 Å². The fourth-order valence-electron chi connectivity index (χ4n) is 5.49. The number of rotatable bonds is 6. The van der Waals surface area contributed by atoms with E-state index in [9.17, 15) is 5.26 Å². The first kappa shape index (κ1) is 23.6. The molecule has 0 aromatic carbocycles. The zero-order valence-corrected chi connectivity index (χ0v) is 21.2. The fourth-order valence-corrected chi connectivity index (χ4v) is 5.49. The molecule has 37 heavy (non-hydrogen) atoms. The van der Waals surface area contributed by atoms with Gasteiger partial charge in [-0.1, -0.05) is 6.07 Å². The summed E-state index contributed by atoms with van der Waals surface area (Å²) in [4.78, 5) is 7.01. The van der Waals surface area contributed by atoms with Crippen molar-refractivity contribution in [3.8, 4) is 22.9 Å². The Morgan fingerprint density at radius 3 is 2.78 bits per heavy atom. The molecule has 9 nitrogen and oxygen atoms in total. The number of ether oxygens (including phenoxy) is 2. The Morgan fingerprint density at radius 1 is 1.14 bits per heavy atom. The maximum Gasteiger partial charge on any atom is 0.148 e. The van der Waals surface area contributed by atoms with Gasteiger partial charge >= 0.3 is 0 Å². The zero-order chi connectivity index (χ0) is 25.4. The fraction of sp³-hybridized carbons (Fsp3) is 0.429. The highest BCUT2D eigenvalue weighted by Gasteiger charge is 2.29. The Kier molecular flexibility index (Phi) is 6.37. The molecule has 0 N–H and O–H groups in total. The van der Waals surface area contributed by atoms with E-state index in [4.69, 9.17) is 14.6 Å². The number of aromatic nitrogens is 5. The van der Waals surface area contributed by atoms with Gasteiger partial charge in [0.15, 0.2) is 0 Å². The molecule has 0 bridgehead atoms. The minimum Gasteiger partial charge on any atom is -0.482 e. The van der Waals surface area contributed by atoms with Crippen molar-refractivity contribution in [1.82, 2.24) is 29.3 Å². The number of hydrogen-bond acceptors (Lipinski definition) is 7. The molecule has 2 aliphatic rings. The molecule has 0 saturated carbocycles. The molecular weight excluding hydrogens is 466 g/mol. The van der Waals surface area contributed by atoms with Crippen LogP contribution in [0.4, 0.5) is 0 Å². The number of nitrogens with zero attached hydrogens (tertiary/aromatic N) is 7. The smallest absolute Gasteiger partial charge is 0.148 e. The van der Waals surface area contributed by atoms with Gasteiger partial charge in [-0.2, -0.15) is 15.5 Å². The predicted molar refractivity (Wildman–Crippen MR) is 138 cm³/mol. The van der Waals surface area contributed by atoms with Crippen molar-refractivity contribution in [3.63, 3.8) is 0 Å². The average molecular weight is 498 g/mol. The lowest BCUT2D eigenvalue weighted by molar-refractivity contribution is -0.0639. The molecule has 0 unspecified atom stereocenters. The highest BCUT2D eigenvalue weighted by atomic mass is 16.5. The van der Waals surface area contributed by atoms with Crippen LogP contribution < -0.4 is 4.74 Å². The summed E-state index contributed by atoms with van der Waals surface area (Å²) >= 11 is 0. The van der Waals surface area contributed by atoms with Crippen molar-refractivity contribution < 1.29 is 9.47 Å². The second-order valence-electron chi connectivity index (χ2n) is 9.97. The van der Waals surface area contributed by atoms with Crippen molar-refractivity contribution in [1.29, 1.82) is 5.26 Å². The first-order valence-electron chi connectivity index (χ1n) is 13.0. The Labute approximate surface area is 216 Å². The average Bonchev–Trinajstić information content (AvgIpc) is 3.40. The summed E-state index contributed by atoms with van der Waals surface area (Å²) in [5.41, 5.74) is 5.07. The van der Waals surface area contributed by atoms with E-state index in [1.54, 1.807) is 16.9 Å². The van der Waals surface area contributed by atoms with Crippen LogP contribution in [0.25, 0.3) is 16.6 Å². The Balaban J connectivity index is 1.31. The van der Waals surface area contributed by atoms with Crippen molar-refractivity contribution in [2.45, 2.75) is 51.3 Å². The quantitative estimate of drug-likeness (QED) is 0.391. The van der Waals surface area contributed by atoms with E-state index in [0.29, 0.717) is 28.9 Å². The van der Waals surface area contributed by atoms with Crippen molar-refractivity contribution in [2.75, 3.05) is 26.3 Å². The van der Waals surface area contributed by atoms with Gasteiger partial charge in [0.2, 0.25) is 0 Å². The molecule has 2 saturated heterocycles. The van der Waals surface area contributed by atoms with Gasteiger partial charge in [0.1, 0.15) is 29.0 Å². The molecule has 2 aliphatic heterocycles. The summed E-state index contributed by atoms with van der Waals surface area (Å²) in [5.74, 6) is 0.602. The molecule has 4 aromatic heterocycles. The molecule has 4 aromatic rings. The summed E-state index contributed by atoms with van der Waals surface area (Å²) < 4.78 is 15.7. The van der Waals surface area contributed by atoms with Gasteiger partial charge in [0.05, 0.1) is 43.4 Å². The van der Waals surface area contributed by atoms with Crippen LogP contribution in [0.1, 0.15) is 55.3 Å². The van der Waals surface area contributed by atoms with Gasteiger partial charge in [-0.05, 0) is 57.9 Å². The number of hydrogen-bond donors (Lipinski definition) is 0. The van der Waals surface area contributed by atoms with E-state index < -0.39 is 0 Å². The Hall–Kier alpha value is -3.74. The van der Waals surface area contributed by atoms with Gasteiger partial charge in [0.25, 0.3) is 0 Å². The first-order valence-corrected chi connectivity index (χ1v) is 13.0. The summed E-state index contributed by atoms with van der Waals surface area (Å²) in [6.45, 7) is 8.03. The number of fused-ring (bicyclic) bond motifs is 1. The number of pyridine rings is 2. The van der Waals surface area contributed by atoms with Crippen LogP contribution in [-0.2, 0) is 4.74 Å². The third kappa shape index (κ3) is 4.47. The molecule has 6 heterocycles. The highest BCUT2D eigenvalue weighted by molar-refractivity contribution is 5.76. The van der Waals surface area contributed by atoms with Crippen molar-refractivity contribution >= 4 is 5.52 Å². The summed E-state index contributed by atoms with van der Waals surface area (Å²) in [5, 5.41) is 19.0. The maximum atomic E-state index is 9.68. The van der Waals surface area contributed by atoms with Crippen LogP contribution in [0.3, 0.4) is 0 Å². The van der Waals surface area contributed by atoms with Crippen LogP contribution >= 0.6 is 0 Å². The van der Waals surface area contributed by atoms with Gasteiger partial charge in [0, 0.05) is 35.8 Å². The van der Waals surface area contributed by atoms with Crippen LogP contribution in [0.15, 0.2) is 49.1 Å². The van der Waals surface area contributed by atoms with Crippen molar-refractivity contribution in [2.24, 2.45) is 0 Å². The highest BCUT2D eigenvalue weighted by Crippen LogP contribution is 2.35. The summed E-state index contributed by atoms with van der Waals surface area (Å²) in [7, 11) is 0. The van der Waals surface area contributed by atoms with Crippen LogP contribution in [0.5, 0.6) is 5.75 Å². The number of nitriles is 1. The molecule has 9 heteroatoms. The minimum atomic E-state index is -0.291. The topological polar surface area (TPSA) is 93.5 Å². The third-order valence-corrected chi connectivity index (χ3v) is 7.68. The lowest BCUT2D eigenvalue weighted by Crippen LogP contribution is -2.49. The Bertz CT molecular complexity index is 1430. The van der Waals surface area contributed by atoms with Gasteiger partial charge in [-0.15, -0.1) is 0 Å². The minimum absolute atomic E-state index is 0.291. The molecule has 0 spiro atoms. The molecule has 6 rings (SSSR count). The van der Waals surface area contributed by atoms with E-state index in [-0.39, 0.29) is 6.10 Å². The second-order valence-corrected chi connectivity index (χ2v) is 9.97. The molecule has 0 radical (unpaired) electrons. The van der Waals surface area contributed by atoms with Crippen molar-refractivity contribution in [3.05, 3.63) is 66.0 Å². The molecule has 0 amide bonds. The number of likely N-dealkylation sites (tertiary alicyclic amines) is 1. The SMILES string of the molecule is Cc1c(-c2cc(O[C@H](C)c3ccccn3)c3c(C#N)cnn3c2)cnn1[C@H]1CCCN(C2COC2)CC1. The van der Waals surface area contributed by atoms with E-state index in [1.807, 2.05) is 43.6 Å². The van der Waals surface area contributed by atoms with Crippen LogP contribution in [-0.4, -0.2) is 61.6 Å². The maximum absolute atomic E-state index is 9.68. The molecule has 190 valence electrons. The lowest BCUT2D eigenvalue weighted by Gasteiger charge is -2.36. The molecule has 2 fully saturated rings. The van der Waals surface area contributed by atoms with Crippen LogP contribution in [0.2, 0.25) is 0 Å². The standard InChI is InChI=1S/C28H31N7O2/c1-19-25(15-32-35(19)23-6-5-10-33(11-8-23)24-17-36-18-24)21-12-27(28-22(13-29)14-31-34(28)16-21)37-20(2)26-7-3-4-9-30-26/h3-4,7,9,12,14-16,20,23-24H,5-6,8,10-11,17-18H2,1-2H3/t20-,23+/m1/s1. The monoisotopic (exact) mass is 497 g/mol. The lowest BCUT2D eigenvalue weighted by atomic mass is 10.1. The third-order valence-electron chi connectivity index (χ3n) is 7.68. The largest absolute Gasteiger partial charge is 0.482 e. The van der Waals surface area contributed by atoms with Gasteiger partial charge < -0.3 is 9.47 Å². The van der Waals surface area contributed by atoms with E-state index >= 15 is 0 Å². The normalized spacial score (nSPS) is 19.8. The predicted octanol–water partition coefficient (Wildman–Crippen LogP) is 4.34.